The topological polar surface area (TPSA) is 216 Å². The molecule has 7 heterocycles. The molecule has 302 valence electrons. The lowest BCUT2D eigenvalue weighted by atomic mass is 9.99. The van der Waals surface area contributed by atoms with Gasteiger partial charge in [-0.3, -0.25) is 5.10 Å². The van der Waals surface area contributed by atoms with Crippen molar-refractivity contribution in [2.24, 2.45) is 11.8 Å². The van der Waals surface area contributed by atoms with Crippen LogP contribution in [0.5, 0.6) is 11.8 Å². The van der Waals surface area contributed by atoms with Crippen LogP contribution >= 0.6 is 11.6 Å². The molecule has 2 fully saturated rings. The van der Waals surface area contributed by atoms with E-state index < -0.39 is 35.5 Å². The minimum atomic E-state index is -0.794. The smallest absolute Gasteiger partial charge is 0.258 e. The van der Waals surface area contributed by atoms with Crippen LogP contribution in [0.1, 0.15) is 69.1 Å². The van der Waals surface area contributed by atoms with Crippen molar-refractivity contribution in [3.05, 3.63) is 76.7 Å². The molecule has 0 saturated carbocycles. The lowest BCUT2D eigenvalue weighted by Crippen LogP contribution is -2.34. The normalized spacial score (nSPS) is 15.7. The molecule has 2 unspecified atom stereocenters. The fraction of sp³-hybridized carbons (Fsp3) is 0.417. The van der Waals surface area contributed by atoms with Crippen LogP contribution in [0.3, 0.4) is 0 Å². The zero-order valence-electron chi connectivity index (χ0n) is 31.4. The Balaban J connectivity index is 0.000000200. The molecular formula is C36H36ClF4N15O2. The van der Waals surface area contributed by atoms with Gasteiger partial charge in [0.05, 0.1) is 36.9 Å². The number of hydrogen-bond donors (Lipinski definition) is 2. The molecule has 5 aromatic heterocycles. The number of piperidine rings is 2. The Kier molecular flexibility index (Phi) is 13.2. The number of rotatable bonds is 10. The van der Waals surface area contributed by atoms with Crippen molar-refractivity contribution in [2.45, 2.75) is 58.7 Å². The monoisotopic (exact) mass is 821 g/mol. The number of anilines is 4. The Hall–Kier alpha value is -6.48. The molecule has 22 heteroatoms. The van der Waals surface area contributed by atoms with Crippen molar-refractivity contribution in [1.82, 2.24) is 50.1 Å². The summed E-state index contributed by atoms with van der Waals surface area (Å²) in [6, 6.07) is 6.22. The van der Waals surface area contributed by atoms with Gasteiger partial charge in [-0.05, 0) is 58.1 Å². The molecular weight excluding hydrogens is 786 g/mol. The minimum absolute atomic E-state index is 0.0311. The molecule has 0 aliphatic carbocycles. The van der Waals surface area contributed by atoms with E-state index in [9.17, 15) is 13.2 Å². The summed E-state index contributed by atoms with van der Waals surface area (Å²) in [5.41, 5.74) is 0.826. The number of nitrogens with one attached hydrogen (secondary N) is 2. The predicted molar refractivity (Wildman–Crippen MR) is 199 cm³/mol. The number of hydrogen-bond acceptors (Lipinski definition) is 16. The maximum atomic E-state index is 15.4. The Morgan fingerprint density at radius 3 is 1.62 bits per heavy atom. The van der Waals surface area contributed by atoms with Crippen molar-refractivity contribution < 1.29 is 27.0 Å². The third-order valence-electron chi connectivity index (χ3n) is 9.06. The second kappa shape index (κ2) is 18.6. The summed E-state index contributed by atoms with van der Waals surface area (Å²) in [5.74, 6) is -2.38. The van der Waals surface area contributed by atoms with Crippen LogP contribution in [0.4, 0.5) is 41.0 Å². The molecule has 58 heavy (non-hydrogen) atoms. The van der Waals surface area contributed by atoms with Gasteiger partial charge in [-0.15, -0.1) is 0 Å². The molecule has 2 saturated heterocycles. The number of ether oxygens (including phenoxy) is 2. The summed E-state index contributed by atoms with van der Waals surface area (Å²) in [5, 5.41) is 27.8. The first-order chi connectivity index (χ1) is 27.9. The summed E-state index contributed by atoms with van der Waals surface area (Å²) in [6.45, 7) is 6.95. The van der Waals surface area contributed by atoms with Gasteiger partial charge in [-0.1, -0.05) is 0 Å². The second-order valence-corrected chi connectivity index (χ2v) is 13.6. The SMILES string of the molecule is CC(Oc1nc(Cl)nc(N2CCC(C#N)CC2)c1F)c1ncc(F)cn1.Cc1cc(Nc2nc(OC(C)c3ncc(F)cn3)c(F)c(N3CCC(C#N)CC3)n2)n[nH]1. The third-order valence-corrected chi connectivity index (χ3v) is 9.23. The van der Waals surface area contributed by atoms with Gasteiger partial charge in [0.15, 0.2) is 52.9 Å². The highest BCUT2D eigenvalue weighted by Gasteiger charge is 2.29. The maximum absolute atomic E-state index is 15.4. The highest BCUT2D eigenvalue weighted by molar-refractivity contribution is 6.28. The molecule has 7 rings (SSSR count). The first-order valence-electron chi connectivity index (χ1n) is 18.1. The molecule has 0 amide bonds. The molecule has 2 aliphatic heterocycles. The molecule has 2 atom stereocenters. The lowest BCUT2D eigenvalue weighted by Gasteiger charge is -2.30. The van der Waals surface area contributed by atoms with Gasteiger partial charge in [-0.25, -0.2) is 28.7 Å². The summed E-state index contributed by atoms with van der Waals surface area (Å²) < 4.78 is 67.5. The molecule has 0 aromatic carbocycles. The van der Waals surface area contributed by atoms with Crippen molar-refractivity contribution >= 4 is 35.0 Å². The van der Waals surface area contributed by atoms with Gasteiger partial charge >= 0.3 is 0 Å². The van der Waals surface area contributed by atoms with Crippen LogP contribution < -0.4 is 24.6 Å². The van der Waals surface area contributed by atoms with Crippen molar-refractivity contribution in [3.8, 4) is 23.9 Å². The summed E-state index contributed by atoms with van der Waals surface area (Å²) >= 11 is 5.92. The number of H-pyrrole nitrogens is 1. The molecule has 0 radical (unpaired) electrons. The number of nitrogens with zero attached hydrogens (tertiary/aromatic N) is 13. The standard InChI is InChI=1S/C20H21F2N9O.C16H15ClF2N6O/c1-11-7-15(30-29-11)26-20-27-18(31-5-3-13(8-23)4-6-31)16(22)19(28-20)32-12(2)17-24-9-14(21)10-25-17;1-9(13-21-7-11(18)8-22-13)26-15-12(19)14(23-16(17)24-15)25-4-2-10(6-20)3-5-25/h7,9-10,12-13H,3-6H2,1-2H3,(H2,26,27,28,29,30);7-10H,2-5H2,1H3. The van der Waals surface area contributed by atoms with Gasteiger partial charge in [0.25, 0.3) is 11.8 Å². The zero-order chi connectivity index (χ0) is 41.3. The second-order valence-electron chi connectivity index (χ2n) is 13.3. The van der Waals surface area contributed by atoms with Crippen molar-refractivity contribution in [3.63, 3.8) is 0 Å². The van der Waals surface area contributed by atoms with Crippen LogP contribution in [0, 0.1) is 64.7 Å². The van der Waals surface area contributed by atoms with Crippen LogP contribution in [0.15, 0.2) is 30.9 Å². The van der Waals surface area contributed by atoms with E-state index in [1.807, 2.05) is 6.92 Å². The molecule has 2 N–H and O–H groups in total. The number of aromatic amines is 1. The van der Waals surface area contributed by atoms with Crippen LogP contribution in [-0.2, 0) is 0 Å². The average molecular weight is 822 g/mol. The van der Waals surface area contributed by atoms with E-state index in [4.69, 9.17) is 31.6 Å². The van der Waals surface area contributed by atoms with Crippen LogP contribution in [0.2, 0.25) is 5.28 Å². The number of aromatic nitrogens is 10. The van der Waals surface area contributed by atoms with Crippen LogP contribution in [0.25, 0.3) is 0 Å². The molecule has 2 aliphatic rings. The van der Waals surface area contributed by atoms with Gasteiger partial charge in [0.1, 0.15) is 0 Å². The van der Waals surface area contributed by atoms with Gasteiger partial charge in [-0.2, -0.15) is 44.3 Å². The first kappa shape index (κ1) is 41.2. The Morgan fingerprint density at radius 2 is 1.19 bits per heavy atom. The number of nitriles is 2. The van der Waals surface area contributed by atoms with Gasteiger partial charge < -0.3 is 24.6 Å². The van der Waals surface area contributed by atoms with E-state index in [0.29, 0.717) is 57.7 Å². The highest BCUT2D eigenvalue weighted by atomic mass is 35.5. The number of halogens is 5. The first-order valence-corrected chi connectivity index (χ1v) is 18.4. The summed E-state index contributed by atoms with van der Waals surface area (Å²) in [6.07, 6.45) is 4.90. The minimum Gasteiger partial charge on any atom is -0.464 e. The van der Waals surface area contributed by atoms with Gasteiger partial charge in [0, 0.05) is 49.8 Å². The average Bonchev–Trinajstić information content (AvgIpc) is 3.64. The lowest BCUT2D eigenvalue weighted by molar-refractivity contribution is 0.196. The zero-order valence-corrected chi connectivity index (χ0v) is 32.1. The Labute approximate surface area is 334 Å². The molecule has 0 bridgehead atoms. The quantitative estimate of drug-likeness (QED) is 0.117. The molecule has 5 aromatic rings. The van der Waals surface area contributed by atoms with Crippen molar-refractivity contribution in [2.75, 3.05) is 41.3 Å². The van der Waals surface area contributed by atoms with Crippen molar-refractivity contribution in [1.29, 1.82) is 10.5 Å². The third kappa shape index (κ3) is 10.3. The molecule has 0 spiro atoms. The van der Waals surface area contributed by atoms with Gasteiger partial charge in [0.2, 0.25) is 22.9 Å². The summed E-state index contributed by atoms with van der Waals surface area (Å²) in [7, 11) is 0. The number of aryl methyl sites for hydroxylation is 1. The largest absolute Gasteiger partial charge is 0.464 e. The van der Waals surface area contributed by atoms with E-state index >= 15 is 4.39 Å². The van der Waals surface area contributed by atoms with E-state index in [-0.39, 0.29) is 58.1 Å². The highest BCUT2D eigenvalue weighted by Crippen LogP contribution is 2.33. The fourth-order valence-corrected chi connectivity index (χ4v) is 6.14. The van der Waals surface area contributed by atoms with Crippen LogP contribution in [-0.4, -0.2) is 76.2 Å². The predicted octanol–water partition coefficient (Wildman–Crippen LogP) is 6.28. The maximum Gasteiger partial charge on any atom is 0.258 e. The van der Waals surface area contributed by atoms with E-state index in [1.54, 1.807) is 29.7 Å². The Morgan fingerprint density at radius 1 is 0.741 bits per heavy atom. The molecule has 17 nitrogen and oxygen atoms in total. The Bertz CT molecular complexity index is 2260. The summed E-state index contributed by atoms with van der Waals surface area (Å²) in [4.78, 5) is 35.1. The van der Waals surface area contributed by atoms with E-state index in [2.05, 4.69) is 67.5 Å². The fourth-order valence-electron chi connectivity index (χ4n) is 5.98. The van der Waals surface area contributed by atoms with E-state index in [0.717, 1.165) is 30.5 Å². The van der Waals surface area contributed by atoms with E-state index in [1.165, 1.54) is 0 Å².